The second-order valence-corrected chi connectivity index (χ2v) is 10.5. The highest BCUT2D eigenvalue weighted by atomic mass is 32.2. The molecule has 2 aliphatic rings. The van der Waals surface area contributed by atoms with E-state index in [9.17, 15) is 13.2 Å². The lowest BCUT2D eigenvalue weighted by molar-refractivity contribution is 0.0432. The van der Waals surface area contributed by atoms with Gasteiger partial charge >= 0.3 is 0 Å². The number of hydrogen-bond donors (Lipinski definition) is 1. The van der Waals surface area contributed by atoms with E-state index in [2.05, 4.69) is 9.62 Å². The first kappa shape index (κ1) is 21.5. The number of thiophene rings is 1. The van der Waals surface area contributed by atoms with Gasteiger partial charge in [-0.25, -0.2) is 13.1 Å². The lowest BCUT2D eigenvalue weighted by atomic mass is 10.1. The maximum Gasteiger partial charge on any atom is 0.253 e. The third-order valence-electron chi connectivity index (χ3n) is 5.55. The highest BCUT2D eigenvalue weighted by molar-refractivity contribution is 7.89. The second-order valence-electron chi connectivity index (χ2n) is 7.66. The largest absolute Gasteiger partial charge is 0.377 e. The number of piperazine rings is 1. The molecule has 1 atom stereocenters. The highest BCUT2D eigenvalue weighted by Gasteiger charge is 2.26. The fourth-order valence-electron chi connectivity index (χ4n) is 3.85. The van der Waals surface area contributed by atoms with Crippen molar-refractivity contribution in [2.24, 2.45) is 0 Å². The summed E-state index contributed by atoms with van der Waals surface area (Å²) in [7, 11) is -3.68. The van der Waals surface area contributed by atoms with E-state index in [0.717, 1.165) is 44.0 Å². The van der Waals surface area contributed by atoms with Crippen LogP contribution in [0.15, 0.2) is 46.7 Å². The molecule has 0 bridgehead atoms. The predicted octanol–water partition coefficient (Wildman–Crippen LogP) is 2.16. The third-order valence-corrected chi connectivity index (χ3v) is 7.83. The van der Waals surface area contributed by atoms with Crippen LogP contribution in [0.2, 0.25) is 0 Å². The summed E-state index contributed by atoms with van der Waals surface area (Å²) >= 11 is 1.50. The number of ether oxygens (including phenoxy) is 1. The molecule has 162 valence electrons. The first-order valence-electron chi connectivity index (χ1n) is 10.3. The van der Waals surface area contributed by atoms with E-state index in [1.54, 1.807) is 17.0 Å². The molecule has 2 saturated heterocycles. The normalized spacial score (nSPS) is 20.5. The SMILES string of the molecule is O=C(c1cccc(S(=O)(=O)NCc2cccs2)c1)N1CCN(C[C@@H]2CCCO2)CC1. The van der Waals surface area contributed by atoms with E-state index in [-0.39, 0.29) is 17.3 Å². The Bertz CT molecular complexity index is 948. The van der Waals surface area contributed by atoms with E-state index in [4.69, 9.17) is 4.74 Å². The van der Waals surface area contributed by atoms with Gasteiger partial charge < -0.3 is 9.64 Å². The van der Waals surface area contributed by atoms with E-state index < -0.39 is 10.0 Å². The summed E-state index contributed by atoms with van der Waals surface area (Å²) < 4.78 is 33.6. The average molecular weight is 450 g/mol. The molecular formula is C21H27N3O4S2. The summed E-state index contributed by atoms with van der Waals surface area (Å²) in [4.78, 5) is 18.1. The third kappa shape index (κ3) is 5.28. The maximum atomic E-state index is 12.9. The summed E-state index contributed by atoms with van der Waals surface area (Å²) in [5.74, 6) is -0.123. The van der Waals surface area contributed by atoms with Crippen molar-refractivity contribution >= 4 is 27.3 Å². The fraction of sp³-hybridized carbons (Fsp3) is 0.476. The Morgan fingerprint density at radius 2 is 2.00 bits per heavy atom. The molecule has 0 radical (unpaired) electrons. The van der Waals surface area contributed by atoms with Crippen molar-refractivity contribution in [2.75, 3.05) is 39.3 Å². The van der Waals surface area contributed by atoms with E-state index >= 15 is 0 Å². The molecule has 2 fully saturated rings. The molecule has 3 heterocycles. The number of sulfonamides is 1. The van der Waals surface area contributed by atoms with Crippen LogP contribution in [-0.4, -0.2) is 69.6 Å². The first-order valence-corrected chi connectivity index (χ1v) is 12.6. The molecule has 0 aliphatic carbocycles. The zero-order valence-electron chi connectivity index (χ0n) is 16.8. The zero-order valence-corrected chi connectivity index (χ0v) is 18.5. The smallest absolute Gasteiger partial charge is 0.253 e. The summed E-state index contributed by atoms with van der Waals surface area (Å²) in [6.07, 6.45) is 2.56. The average Bonchev–Trinajstić information content (AvgIpc) is 3.47. The Morgan fingerprint density at radius 1 is 1.17 bits per heavy atom. The molecule has 2 aliphatic heterocycles. The van der Waals surface area contributed by atoms with Crippen molar-refractivity contribution < 1.29 is 17.9 Å². The van der Waals surface area contributed by atoms with Gasteiger partial charge in [0.25, 0.3) is 5.91 Å². The van der Waals surface area contributed by atoms with E-state index in [0.29, 0.717) is 24.8 Å². The summed E-state index contributed by atoms with van der Waals surface area (Å²) in [5, 5.41) is 1.91. The molecule has 1 amide bonds. The van der Waals surface area contributed by atoms with Crippen LogP contribution in [0, 0.1) is 0 Å². The van der Waals surface area contributed by atoms with Crippen molar-refractivity contribution in [3.63, 3.8) is 0 Å². The van der Waals surface area contributed by atoms with Crippen LogP contribution in [0.5, 0.6) is 0 Å². The molecule has 1 aromatic heterocycles. The van der Waals surface area contributed by atoms with Gasteiger partial charge in [-0.3, -0.25) is 9.69 Å². The number of rotatable bonds is 7. The molecule has 0 saturated carbocycles. The molecule has 2 aromatic rings. The van der Waals surface area contributed by atoms with Gasteiger partial charge in [-0.05, 0) is 42.5 Å². The van der Waals surface area contributed by atoms with Crippen LogP contribution in [-0.2, 0) is 21.3 Å². The number of nitrogens with zero attached hydrogens (tertiary/aromatic N) is 2. The van der Waals surface area contributed by atoms with Gasteiger partial charge in [-0.1, -0.05) is 12.1 Å². The first-order chi connectivity index (χ1) is 14.5. The van der Waals surface area contributed by atoms with Gasteiger partial charge in [0.1, 0.15) is 0 Å². The Kier molecular flexibility index (Phi) is 6.84. The Morgan fingerprint density at radius 3 is 2.70 bits per heavy atom. The zero-order chi connectivity index (χ0) is 21.0. The van der Waals surface area contributed by atoms with Crippen molar-refractivity contribution in [1.82, 2.24) is 14.5 Å². The molecule has 4 rings (SSSR count). The molecule has 0 unspecified atom stereocenters. The fourth-order valence-corrected chi connectivity index (χ4v) is 5.64. The van der Waals surface area contributed by atoms with Crippen LogP contribution in [0.25, 0.3) is 0 Å². The van der Waals surface area contributed by atoms with Crippen molar-refractivity contribution in [2.45, 2.75) is 30.4 Å². The molecule has 9 heteroatoms. The van der Waals surface area contributed by atoms with Crippen LogP contribution in [0.3, 0.4) is 0 Å². The molecule has 30 heavy (non-hydrogen) atoms. The van der Waals surface area contributed by atoms with Gasteiger partial charge in [0.15, 0.2) is 0 Å². The lowest BCUT2D eigenvalue weighted by Gasteiger charge is -2.35. The maximum absolute atomic E-state index is 12.9. The molecule has 1 N–H and O–H groups in total. The Hall–Kier alpha value is -1.78. The monoisotopic (exact) mass is 449 g/mol. The second kappa shape index (κ2) is 9.57. The van der Waals surface area contributed by atoms with E-state index in [1.807, 2.05) is 17.5 Å². The van der Waals surface area contributed by atoms with Gasteiger partial charge in [0.2, 0.25) is 10.0 Å². The van der Waals surface area contributed by atoms with Crippen LogP contribution >= 0.6 is 11.3 Å². The predicted molar refractivity (Wildman–Crippen MR) is 116 cm³/mol. The molecule has 1 aromatic carbocycles. The molecule has 0 spiro atoms. The minimum absolute atomic E-state index is 0.113. The standard InChI is InChI=1S/C21H27N3O4S2/c25-21(24-10-8-23(9-11-24)16-18-5-2-12-28-18)17-4-1-7-20(14-17)30(26,27)22-15-19-6-3-13-29-19/h1,3-4,6-7,13-14,18,22H,2,5,8-12,15-16H2/t18-/m0/s1. The number of benzene rings is 1. The summed E-state index contributed by atoms with van der Waals surface area (Å²) in [5.41, 5.74) is 0.404. The number of carbonyl (C=O) groups excluding carboxylic acids is 1. The molecule has 7 nitrogen and oxygen atoms in total. The van der Waals surface area contributed by atoms with E-state index in [1.165, 1.54) is 23.5 Å². The van der Waals surface area contributed by atoms with Crippen LogP contribution in [0.4, 0.5) is 0 Å². The lowest BCUT2D eigenvalue weighted by Crippen LogP contribution is -2.50. The number of nitrogens with one attached hydrogen (secondary N) is 1. The Balaban J connectivity index is 1.35. The van der Waals surface area contributed by atoms with Crippen molar-refractivity contribution in [3.05, 3.63) is 52.2 Å². The number of carbonyl (C=O) groups is 1. The summed E-state index contributed by atoms with van der Waals surface area (Å²) in [6.45, 7) is 4.91. The van der Waals surface area contributed by atoms with Gasteiger partial charge in [0, 0.05) is 56.3 Å². The number of amides is 1. The van der Waals surface area contributed by atoms with Crippen molar-refractivity contribution in [1.29, 1.82) is 0 Å². The highest BCUT2D eigenvalue weighted by Crippen LogP contribution is 2.18. The van der Waals surface area contributed by atoms with Gasteiger partial charge in [0.05, 0.1) is 11.0 Å². The van der Waals surface area contributed by atoms with Gasteiger partial charge in [-0.2, -0.15) is 0 Å². The summed E-state index contributed by atoms with van der Waals surface area (Å²) in [6, 6.07) is 10.1. The minimum Gasteiger partial charge on any atom is -0.377 e. The van der Waals surface area contributed by atoms with Crippen LogP contribution < -0.4 is 4.72 Å². The Labute approximate surface area is 181 Å². The minimum atomic E-state index is -3.68. The number of hydrogen-bond acceptors (Lipinski definition) is 6. The van der Waals surface area contributed by atoms with Crippen LogP contribution in [0.1, 0.15) is 28.1 Å². The topological polar surface area (TPSA) is 79.0 Å². The van der Waals surface area contributed by atoms with Gasteiger partial charge in [-0.15, -0.1) is 11.3 Å². The quantitative estimate of drug-likeness (QED) is 0.701. The van der Waals surface area contributed by atoms with Crippen molar-refractivity contribution in [3.8, 4) is 0 Å². The molecular weight excluding hydrogens is 422 g/mol.